The number of ether oxygens (including phenoxy) is 1. The van der Waals surface area contributed by atoms with Crippen LogP contribution in [0, 0.1) is 0 Å². The van der Waals surface area contributed by atoms with Crippen LogP contribution in [0.4, 0.5) is 0 Å². The lowest BCUT2D eigenvalue weighted by Gasteiger charge is -2.22. The van der Waals surface area contributed by atoms with Crippen molar-refractivity contribution in [3.8, 4) is 5.75 Å². The molecular weight excluding hydrogens is 238 g/mol. The number of aromatic nitrogens is 1. The number of para-hydroxylation sites is 1. The van der Waals surface area contributed by atoms with Crippen molar-refractivity contribution in [3.05, 3.63) is 59.9 Å². The summed E-state index contributed by atoms with van der Waals surface area (Å²) in [5.41, 5.74) is 5.34. The number of nitrogens with two attached hydrogens (primary N) is 1. The van der Waals surface area contributed by atoms with Crippen LogP contribution in [-0.2, 0) is 12.8 Å². The maximum Gasteiger partial charge on any atom is 0.123 e. The molecule has 0 fully saturated rings. The van der Waals surface area contributed by atoms with Gasteiger partial charge in [0.05, 0.1) is 6.04 Å². The summed E-state index contributed by atoms with van der Waals surface area (Å²) in [5.74, 6) is 6.66. The number of hydrazine groups is 1. The number of rotatable bonds is 4. The molecule has 19 heavy (non-hydrogen) atoms. The fraction of sp³-hybridized carbons (Fsp3) is 0.267. The van der Waals surface area contributed by atoms with Crippen molar-refractivity contribution < 1.29 is 4.74 Å². The van der Waals surface area contributed by atoms with Crippen LogP contribution < -0.4 is 16.0 Å². The van der Waals surface area contributed by atoms with Gasteiger partial charge in [-0.25, -0.2) is 0 Å². The fourth-order valence-corrected chi connectivity index (χ4v) is 2.50. The van der Waals surface area contributed by atoms with Gasteiger partial charge in [0.2, 0.25) is 0 Å². The van der Waals surface area contributed by atoms with E-state index in [1.54, 1.807) is 12.4 Å². The summed E-state index contributed by atoms with van der Waals surface area (Å²) in [4.78, 5) is 4.03. The third kappa shape index (κ3) is 2.59. The van der Waals surface area contributed by atoms with Crippen molar-refractivity contribution in [2.24, 2.45) is 5.84 Å². The van der Waals surface area contributed by atoms with Crippen LogP contribution in [0.3, 0.4) is 0 Å². The van der Waals surface area contributed by atoms with Gasteiger partial charge >= 0.3 is 0 Å². The van der Waals surface area contributed by atoms with E-state index in [0.717, 1.165) is 18.6 Å². The molecule has 1 aliphatic rings. The lowest BCUT2D eigenvalue weighted by Crippen LogP contribution is -2.47. The molecule has 0 spiro atoms. The Morgan fingerprint density at radius 3 is 2.79 bits per heavy atom. The zero-order valence-electron chi connectivity index (χ0n) is 10.6. The summed E-state index contributed by atoms with van der Waals surface area (Å²) in [6.45, 7) is 0. The Hall–Kier alpha value is -1.91. The third-order valence-corrected chi connectivity index (χ3v) is 3.54. The molecule has 4 nitrogen and oxygen atoms in total. The largest absolute Gasteiger partial charge is 0.488 e. The summed E-state index contributed by atoms with van der Waals surface area (Å²) in [5, 5.41) is 0. The summed E-state index contributed by atoms with van der Waals surface area (Å²) >= 11 is 0. The molecule has 0 bridgehead atoms. The van der Waals surface area contributed by atoms with E-state index in [-0.39, 0.29) is 12.1 Å². The first-order valence-corrected chi connectivity index (χ1v) is 6.46. The van der Waals surface area contributed by atoms with E-state index in [1.165, 1.54) is 11.1 Å². The van der Waals surface area contributed by atoms with Gasteiger partial charge < -0.3 is 4.74 Å². The van der Waals surface area contributed by atoms with Gasteiger partial charge in [0.25, 0.3) is 0 Å². The number of pyridine rings is 1. The zero-order valence-corrected chi connectivity index (χ0v) is 10.6. The maximum absolute atomic E-state index is 5.97. The molecule has 98 valence electrons. The number of hydrogen-bond donors (Lipinski definition) is 2. The Labute approximate surface area is 112 Å². The number of nitrogens with one attached hydrogen (secondary N) is 1. The molecule has 4 heteroatoms. The van der Waals surface area contributed by atoms with Gasteiger partial charge in [-0.15, -0.1) is 0 Å². The average molecular weight is 255 g/mol. The first kappa shape index (κ1) is 12.1. The average Bonchev–Trinajstić information content (AvgIpc) is 2.89. The first-order chi connectivity index (χ1) is 9.36. The molecule has 0 aliphatic carbocycles. The molecule has 0 saturated heterocycles. The molecule has 2 atom stereocenters. The van der Waals surface area contributed by atoms with E-state index in [2.05, 4.69) is 16.5 Å². The van der Waals surface area contributed by atoms with Gasteiger partial charge in [0.1, 0.15) is 11.9 Å². The van der Waals surface area contributed by atoms with Crippen LogP contribution >= 0.6 is 0 Å². The second kappa shape index (κ2) is 5.38. The second-order valence-electron chi connectivity index (χ2n) is 4.80. The Morgan fingerprint density at radius 2 is 2.05 bits per heavy atom. The van der Waals surface area contributed by atoms with E-state index < -0.39 is 0 Å². The predicted molar refractivity (Wildman–Crippen MR) is 73.6 cm³/mol. The molecule has 1 aliphatic heterocycles. The Balaban J connectivity index is 1.71. The summed E-state index contributed by atoms with van der Waals surface area (Å²) < 4.78 is 5.97. The fourth-order valence-electron chi connectivity index (χ4n) is 2.50. The maximum atomic E-state index is 5.97. The molecule has 3 rings (SSSR count). The molecule has 2 aromatic rings. The highest BCUT2D eigenvalue weighted by Gasteiger charge is 2.29. The van der Waals surface area contributed by atoms with Gasteiger partial charge in [-0.2, -0.15) is 0 Å². The lowest BCUT2D eigenvalue weighted by molar-refractivity contribution is 0.177. The van der Waals surface area contributed by atoms with E-state index >= 15 is 0 Å². The quantitative estimate of drug-likeness (QED) is 0.641. The minimum Gasteiger partial charge on any atom is -0.488 e. The van der Waals surface area contributed by atoms with E-state index in [0.29, 0.717) is 0 Å². The smallest absolute Gasteiger partial charge is 0.123 e. The van der Waals surface area contributed by atoms with E-state index in [1.807, 2.05) is 30.3 Å². The number of hydrogen-bond acceptors (Lipinski definition) is 4. The number of fused-ring (bicyclic) bond motifs is 1. The summed E-state index contributed by atoms with van der Waals surface area (Å²) in [6.07, 6.45) is 5.41. The lowest BCUT2D eigenvalue weighted by atomic mass is 9.99. The van der Waals surface area contributed by atoms with Crippen LogP contribution in [0.2, 0.25) is 0 Å². The molecule has 2 heterocycles. The number of benzene rings is 1. The van der Waals surface area contributed by atoms with Gasteiger partial charge in [-0.05, 0) is 35.7 Å². The monoisotopic (exact) mass is 255 g/mol. The molecular formula is C15H17N3O. The van der Waals surface area contributed by atoms with Crippen LogP contribution in [0.1, 0.15) is 11.1 Å². The second-order valence-corrected chi connectivity index (χ2v) is 4.80. The van der Waals surface area contributed by atoms with Crippen molar-refractivity contribution in [2.75, 3.05) is 0 Å². The third-order valence-electron chi connectivity index (χ3n) is 3.54. The standard InChI is InChI=1S/C15H17N3O/c16-18-13(9-11-5-7-17-8-6-11)15-10-12-3-1-2-4-14(12)19-15/h1-8,13,15,18H,9-10,16H2. The van der Waals surface area contributed by atoms with Crippen LogP contribution in [0.25, 0.3) is 0 Å². The molecule has 2 unspecified atom stereocenters. The topological polar surface area (TPSA) is 60.2 Å². The summed E-state index contributed by atoms with van der Waals surface area (Å²) in [6, 6.07) is 12.3. The van der Waals surface area contributed by atoms with Gasteiger partial charge in [-0.3, -0.25) is 16.3 Å². The van der Waals surface area contributed by atoms with E-state index in [4.69, 9.17) is 10.6 Å². The Bertz CT molecular complexity index is 519. The zero-order chi connectivity index (χ0) is 13.1. The Kier molecular flexibility index (Phi) is 3.44. The van der Waals surface area contributed by atoms with Gasteiger partial charge in [-0.1, -0.05) is 18.2 Å². The van der Waals surface area contributed by atoms with Crippen molar-refractivity contribution in [1.82, 2.24) is 10.4 Å². The van der Waals surface area contributed by atoms with Crippen LogP contribution in [0.15, 0.2) is 48.8 Å². The normalized spacial score (nSPS) is 18.7. The van der Waals surface area contributed by atoms with Crippen molar-refractivity contribution >= 4 is 0 Å². The van der Waals surface area contributed by atoms with Crippen molar-refractivity contribution in [2.45, 2.75) is 25.0 Å². The predicted octanol–water partition coefficient (Wildman–Crippen LogP) is 1.46. The molecule has 0 amide bonds. The number of nitrogens with zero attached hydrogens (tertiary/aromatic N) is 1. The highest BCUT2D eigenvalue weighted by molar-refractivity contribution is 5.37. The molecule has 1 aromatic carbocycles. The van der Waals surface area contributed by atoms with Crippen LogP contribution in [-0.4, -0.2) is 17.1 Å². The van der Waals surface area contributed by atoms with Gasteiger partial charge in [0.15, 0.2) is 0 Å². The summed E-state index contributed by atoms with van der Waals surface area (Å²) in [7, 11) is 0. The van der Waals surface area contributed by atoms with Crippen molar-refractivity contribution in [3.63, 3.8) is 0 Å². The SMILES string of the molecule is NNC(Cc1ccncc1)C1Cc2ccccc2O1. The Morgan fingerprint density at radius 1 is 1.26 bits per heavy atom. The first-order valence-electron chi connectivity index (χ1n) is 6.46. The molecule has 3 N–H and O–H groups in total. The van der Waals surface area contributed by atoms with Crippen molar-refractivity contribution in [1.29, 1.82) is 0 Å². The minimum atomic E-state index is 0.0792. The van der Waals surface area contributed by atoms with Gasteiger partial charge in [0, 0.05) is 18.8 Å². The van der Waals surface area contributed by atoms with E-state index in [9.17, 15) is 0 Å². The highest BCUT2D eigenvalue weighted by atomic mass is 16.5. The molecule has 0 saturated carbocycles. The molecule has 1 aromatic heterocycles. The minimum absolute atomic E-state index is 0.0792. The molecule has 0 radical (unpaired) electrons. The van der Waals surface area contributed by atoms with Crippen LogP contribution in [0.5, 0.6) is 5.75 Å². The highest BCUT2D eigenvalue weighted by Crippen LogP contribution is 2.30.